The van der Waals surface area contributed by atoms with Crippen LogP contribution >= 0.6 is 11.3 Å². The minimum Gasteiger partial charge on any atom is -0.493 e. The fourth-order valence-corrected chi connectivity index (χ4v) is 3.78. The van der Waals surface area contributed by atoms with Gasteiger partial charge < -0.3 is 9.64 Å². The molecule has 2 aromatic rings. The number of benzene rings is 1. The second-order valence-electron chi connectivity index (χ2n) is 5.83. The zero-order valence-corrected chi connectivity index (χ0v) is 14.2. The maximum absolute atomic E-state index is 12.6. The highest BCUT2D eigenvalue weighted by molar-refractivity contribution is 7.09. The molecule has 1 aliphatic rings. The van der Waals surface area contributed by atoms with Crippen LogP contribution in [-0.4, -0.2) is 28.9 Å². The number of amides is 1. The molecule has 1 saturated heterocycles. The van der Waals surface area contributed by atoms with Crippen LogP contribution < -0.4 is 4.74 Å². The molecule has 5 heteroatoms. The van der Waals surface area contributed by atoms with Crippen molar-refractivity contribution in [3.63, 3.8) is 0 Å². The van der Waals surface area contributed by atoms with E-state index in [1.165, 1.54) is 0 Å². The number of aryl methyl sites for hydroxylation is 1. The highest BCUT2D eigenvalue weighted by Crippen LogP contribution is 2.32. The zero-order valence-electron chi connectivity index (χ0n) is 13.4. The number of thiazole rings is 1. The second kappa shape index (κ2) is 7.59. The number of ether oxygens (including phenoxy) is 1. The number of aromatic nitrogens is 1. The highest BCUT2D eigenvalue weighted by atomic mass is 32.1. The molecule has 1 aromatic heterocycles. The summed E-state index contributed by atoms with van der Waals surface area (Å²) in [7, 11) is 0. The smallest absolute Gasteiger partial charge is 0.226 e. The van der Waals surface area contributed by atoms with Gasteiger partial charge in [0, 0.05) is 18.1 Å². The Labute approximate surface area is 141 Å². The molecule has 0 spiro atoms. The molecular weight excluding hydrogens is 308 g/mol. The highest BCUT2D eigenvalue weighted by Gasteiger charge is 2.29. The van der Waals surface area contributed by atoms with E-state index in [0.717, 1.165) is 42.1 Å². The Morgan fingerprint density at radius 2 is 2.26 bits per heavy atom. The Balaban J connectivity index is 1.57. The van der Waals surface area contributed by atoms with Crippen LogP contribution in [0, 0.1) is 6.92 Å². The van der Waals surface area contributed by atoms with Gasteiger partial charge in [0.1, 0.15) is 10.8 Å². The summed E-state index contributed by atoms with van der Waals surface area (Å²) in [6.07, 6.45) is 5.48. The minimum absolute atomic E-state index is 0.148. The molecule has 0 unspecified atom stereocenters. The van der Waals surface area contributed by atoms with Gasteiger partial charge in [-0.2, -0.15) is 0 Å². The average molecular weight is 330 g/mol. The van der Waals surface area contributed by atoms with E-state index in [1.54, 1.807) is 11.3 Å². The molecule has 0 aliphatic carbocycles. The molecule has 1 fully saturated rings. The molecule has 0 saturated carbocycles. The molecule has 23 heavy (non-hydrogen) atoms. The van der Waals surface area contributed by atoms with Crippen molar-refractivity contribution in [1.29, 1.82) is 0 Å². The van der Waals surface area contributed by atoms with Crippen LogP contribution in [0.15, 0.2) is 35.8 Å². The molecule has 0 radical (unpaired) electrons. The van der Waals surface area contributed by atoms with E-state index < -0.39 is 0 Å². The zero-order chi connectivity index (χ0) is 16.1. The first-order valence-corrected chi connectivity index (χ1v) is 9.01. The summed E-state index contributed by atoms with van der Waals surface area (Å²) >= 11 is 1.64. The van der Waals surface area contributed by atoms with Crippen LogP contribution in [-0.2, 0) is 4.79 Å². The standard InChI is InChI=1S/C18H22N2O2S/c1-14-6-2-3-8-16(14)22-12-9-17(21)20-11-5-4-7-15(20)18-19-10-13-23-18/h2-3,6,8,10,13,15H,4-5,7,9,11-12H2,1H3/t15-/m0/s1. The van der Waals surface area contributed by atoms with Gasteiger partial charge in [0.05, 0.1) is 19.1 Å². The first-order valence-electron chi connectivity index (χ1n) is 8.13. The van der Waals surface area contributed by atoms with Crippen LogP contribution in [0.4, 0.5) is 0 Å². The van der Waals surface area contributed by atoms with Gasteiger partial charge in [0.25, 0.3) is 0 Å². The summed E-state index contributed by atoms with van der Waals surface area (Å²) in [6.45, 7) is 3.26. The lowest BCUT2D eigenvalue weighted by Gasteiger charge is -2.34. The molecule has 1 aliphatic heterocycles. The fourth-order valence-electron chi connectivity index (χ4n) is 3.00. The Bertz CT molecular complexity index is 642. The largest absolute Gasteiger partial charge is 0.493 e. The van der Waals surface area contributed by atoms with Crippen molar-refractivity contribution in [3.05, 3.63) is 46.4 Å². The lowest BCUT2D eigenvalue weighted by atomic mass is 10.0. The lowest BCUT2D eigenvalue weighted by molar-refractivity contribution is -0.135. The minimum atomic E-state index is 0.148. The number of hydrogen-bond acceptors (Lipinski definition) is 4. The number of nitrogens with zero attached hydrogens (tertiary/aromatic N) is 2. The van der Waals surface area contributed by atoms with Crippen molar-refractivity contribution in [3.8, 4) is 5.75 Å². The van der Waals surface area contributed by atoms with Crippen molar-refractivity contribution in [2.45, 2.75) is 38.6 Å². The van der Waals surface area contributed by atoms with Gasteiger partial charge in [-0.25, -0.2) is 4.98 Å². The average Bonchev–Trinajstić information content (AvgIpc) is 3.11. The number of piperidine rings is 1. The summed E-state index contributed by atoms with van der Waals surface area (Å²) in [6, 6.07) is 8.04. The third kappa shape index (κ3) is 3.91. The van der Waals surface area contributed by atoms with Crippen LogP contribution in [0.1, 0.15) is 42.3 Å². The van der Waals surface area contributed by atoms with E-state index in [-0.39, 0.29) is 11.9 Å². The summed E-state index contributed by atoms with van der Waals surface area (Å²) in [5, 5.41) is 3.03. The van der Waals surface area contributed by atoms with Crippen molar-refractivity contribution in [2.24, 2.45) is 0 Å². The molecule has 4 nitrogen and oxygen atoms in total. The summed E-state index contributed by atoms with van der Waals surface area (Å²) in [4.78, 5) is 19.0. The molecule has 1 atom stereocenters. The van der Waals surface area contributed by atoms with Gasteiger partial charge in [-0.15, -0.1) is 11.3 Å². The third-order valence-electron chi connectivity index (χ3n) is 4.23. The molecule has 1 aromatic carbocycles. The molecule has 0 N–H and O–H groups in total. The van der Waals surface area contributed by atoms with Crippen LogP contribution in [0.3, 0.4) is 0 Å². The first kappa shape index (κ1) is 16.0. The van der Waals surface area contributed by atoms with Crippen molar-refractivity contribution in [1.82, 2.24) is 9.88 Å². The maximum atomic E-state index is 12.6. The predicted molar refractivity (Wildman–Crippen MR) is 91.7 cm³/mol. The van der Waals surface area contributed by atoms with Crippen molar-refractivity contribution in [2.75, 3.05) is 13.2 Å². The molecular formula is C18H22N2O2S. The van der Waals surface area contributed by atoms with Gasteiger partial charge in [-0.3, -0.25) is 4.79 Å². The molecule has 1 amide bonds. The van der Waals surface area contributed by atoms with Gasteiger partial charge in [0.2, 0.25) is 5.91 Å². The Hall–Kier alpha value is -1.88. The first-order chi connectivity index (χ1) is 11.3. The fraction of sp³-hybridized carbons (Fsp3) is 0.444. The maximum Gasteiger partial charge on any atom is 0.226 e. The van der Waals surface area contributed by atoms with Crippen LogP contribution in [0.5, 0.6) is 5.75 Å². The van der Waals surface area contributed by atoms with Gasteiger partial charge in [-0.05, 0) is 37.8 Å². The molecule has 122 valence electrons. The van der Waals surface area contributed by atoms with Gasteiger partial charge >= 0.3 is 0 Å². The van der Waals surface area contributed by atoms with E-state index in [2.05, 4.69) is 4.98 Å². The molecule has 2 heterocycles. The normalized spacial score (nSPS) is 18.0. The molecule has 0 bridgehead atoms. The predicted octanol–water partition coefficient (Wildman–Crippen LogP) is 3.97. The number of carbonyl (C=O) groups is 1. The van der Waals surface area contributed by atoms with Gasteiger partial charge in [-0.1, -0.05) is 18.2 Å². The Morgan fingerprint density at radius 1 is 1.39 bits per heavy atom. The summed E-state index contributed by atoms with van der Waals surface area (Å²) in [5.41, 5.74) is 1.10. The van der Waals surface area contributed by atoms with Crippen molar-refractivity contribution < 1.29 is 9.53 Å². The number of para-hydroxylation sites is 1. The van der Waals surface area contributed by atoms with Crippen molar-refractivity contribution >= 4 is 17.2 Å². The summed E-state index contributed by atoms with van der Waals surface area (Å²) < 4.78 is 5.76. The topological polar surface area (TPSA) is 42.4 Å². The lowest BCUT2D eigenvalue weighted by Crippen LogP contribution is -2.39. The SMILES string of the molecule is Cc1ccccc1OCCC(=O)N1CCCC[C@H]1c1nccs1. The Kier molecular flexibility index (Phi) is 5.28. The Morgan fingerprint density at radius 3 is 3.04 bits per heavy atom. The number of rotatable bonds is 5. The van der Waals surface area contributed by atoms with E-state index >= 15 is 0 Å². The van der Waals surface area contributed by atoms with E-state index in [0.29, 0.717) is 13.0 Å². The van der Waals surface area contributed by atoms with E-state index in [1.807, 2.05) is 47.7 Å². The third-order valence-corrected chi connectivity index (χ3v) is 5.10. The quantitative estimate of drug-likeness (QED) is 0.833. The van der Waals surface area contributed by atoms with Crippen LogP contribution in [0.25, 0.3) is 0 Å². The monoisotopic (exact) mass is 330 g/mol. The number of carbonyl (C=O) groups excluding carboxylic acids is 1. The van der Waals surface area contributed by atoms with Crippen LogP contribution in [0.2, 0.25) is 0 Å². The second-order valence-corrected chi connectivity index (χ2v) is 6.76. The number of likely N-dealkylation sites (tertiary alicyclic amines) is 1. The molecule has 3 rings (SSSR count). The van der Waals surface area contributed by atoms with E-state index in [9.17, 15) is 4.79 Å². The number of hydrogen-bond donors (Lipinski definition) is 0. The van der Waals surface area contributed by atoms with Gasteiger partial charge in [0.15, 0.2) is 0 Å². The van der Waals surface area contributed by atoms with E-state index in [4.69, 9.17) is 4.74 Å². The summed E-state index contributed by atoms with van der Waals surface area (Å²) in [5.74, 6) is 1.02.